The minimum Gasteiger partial charge on any atom is -0.461 e. The first-order valence-electron chi connectivity index (χ1n) is 19.1. The van der Waals surface area contributed by atoms with E-state index in [1.165, 1.54) is 154 Å². The Labute approximate surface area is 268 Å². The maximum atomic E-state index is 12.9. The molecule has 0 aliphatic heterocycles. The first kappa shape index (κ1) is 41.8. The number of Topliss-reactive ketones (excluding diaryl/α,β-unsaturated/α-hetero) is 1. The summed E-state index contributed by atoms with van der Waals surface area (Å²) < 4.78 is 5.29. The molecule has 0 bridgehead atoms. The molecule has 0 spiro atoms. The van der Waals surface area contributed by atoms with Crippen LogP contribution in [0.3, 0.4) is 0 Å². The molecular formula is C39H74O4. The third-order valence-corrected chi connectivity index (χ3v) is 8.94. The molecule has 0 aromatic rings. The average molecular weight is 607 g/mol. The molecule has 0 saturated heterocycles. The maximum Gasteiger partial charge on any atom is 0.316 e. The lowest BCUT2D eigenvalue weighted by Gasteiger charge is -2.14. The molecule has 0 aliphatic carbocycles. The minimum atomic E-state index is -0.585. The molecule has 0 rings (SSSR count). The van der Waals surface area contributed by atoms with Gasteiger partial charge in [-0.1, -0.05) is 193 Å². The van der Waals surface area contributed by atoms with Gasteiger partial charge < -0.3 is 9.84 Å². The Bertz CT molecular complexity index is 602. The van der Waals surface area contributed by atoms with E-state index in [0.29, 0.717) is 19.4 Å². The zero-order valence-electron chi connectivity index (χ0n) is 28.9. The van der Waals surface area contributed by atoms with Gasteiger partial charge in [-0.15, -0.1) is 0 Å². The molecule has 4 heteroatoms. The van der Waals surface area contributed by atoms with Crippen LogP contribution in [0.2, 0.25) is 0 Å². The minimum absolute atomic E-state index is 0.0807. The second kappa shape index (κ2) is 35.3. The van der Waals surface area contributed by atoms with Gasteiger partial charge in [-0.25, -0.2) is 0 Å². The molecule has 0 aromatic heterocycles. The van der Waals surface area contributed by atoms with Crippen molar-refractivity contribution in [1.82, 2.24) is 0 Å². The van der Waals surface area contributed by atoms with Crippen LogP contribution in [0.5, 0.6) is 0 Å². The largest absolute Gasteiger partial charge is 0.461 e. The van der Waals surface area contributed by atoms with Crippen molar-refractivity contribution < 1.29 is 19.4 Å². The molecule has 4 nitrogen and oxygen atoms in total. The quantitative estimate of drug-likeness (QED) is 0.0333. The molecule has 0 aromatic carbocycles. The molecule has 43 heavy (non-hydrogen) atoms. The number of esters is 1. The van der Waals surface area contributed by atoms with Gasteiger partial charge in [-0.05, 0) is 19.3 Å². The SMILES string of the molecule is C=CCOC(=O)C(CCCCCCCCCCCCCCCC)C(=O)CCCCCCCCCCCCCCCCCO. The summed E-state index contributed by atoms with van der Waals surface area (Å²) in [5.41, 5.74) is 0. The fraction of sp³-hybridized carbons (Fsp3) is 0.897. The summed E-state index contributed by atoms with van der Waals surface area (Å²) in [7, 11) is 0. The van der Waals surface area contributed by atoms with Gasteiger partial charge in [0.25, 0.3) is 0 Å². The van der Waals surface area contributed by atoms with Crippen LogP contribution < -0.4 is 0 Å². The molecule has 1 atom stereocenters. The lowest BCUT2D eigenvalue weighted by Crippen LogP contribution is -2.26. The molecule has 0 aliphatic rings. The highest BCUT2D eigenvalue weighted by Gasteiger charge is 2.26. The Hall–Kier alpha value is -1.16. The van der Waals surface area contributed by atoms with E-state index in [0.717, 1.165) is 32.1 Å². The van der Waals surface area contributed by atoms with Gasteiger partial charge in [0.1, 0.15) is 18.3 Å². The topological polar surface area (TPSA) is 63.6 Å². The van der Waals surface area contributed by atoms with E-state index in [4.69, 9.17) is 9.84 Å². The summed E-state index contributed by atoms with van der Waals surface area (Å²) in [6.45, 7) is 6.43. The van der Waals surface area contributed by atoms with E-state index in [1.54, 1.807) is 6.08 Å². The maximum absolute atomic E-state index is 12.9. The summed E-state index contributed by atoms with van der Waals surface area (Å²) in [6.07, 6.45) is 39.5. The lowest BCUT2D eigenvalue weighted by molar-refractivity contribution is -0.151. The number of aliphatic hydroxyl groups is 1. The van der Waals surface area contributed by atoms with E-state index in [9.17, 15) is 9.59 Å². The van der Waals surface area contributed by atoms with E-state index >= 15 is 0 Å². The van der Waals surface area contributed by atoms with E-state index in [1.807, 2.05) is 0 Å². The van der Waals surface area contributed by atoms with Gasteiger partial charge in [0.2, 0.25) is 0 Å². The van der Waals surface area contributed by atoms with Crippen molar-refractivity contribution in [1.29, 1.82) is 0 Å². The van der Waals surface area contributed by atoms with Gasteiger partial charge in [-0.2, -0.15) is 0 Å². The van der Waals surface area contributed by atoms with Gasteiger partial charge >= 0.3 is 5.97 Å². The molecule has 0 fully saturated rings. The monoisotopic (exact) mass is 607 g/mol. The molecule has 0 heterocycles. The number of carbonyl (C=O) groups is 2. The highest BCUT2D eigenvalue weighted by molar-refractivity contribution is 5.98. The Morgan fingerprint density at radius 3 is 1.28 bits per heavy atom. The fourth-order valence-corrected chi connectivity index (χ4v) is 6.08. The zero-order valence-corrected chi connectivity index (χ0v) is 28.9. The van der Waals surface area contributed by atoms with Crippen LogP contribution in [-0.4, -0.2) is 30.1 Å². The van der Waals surface area contributed by atoms with Crippen LogP contribution in [0.1, 0.15) is 206 Å². The molecular weight excluding hydrogens is 532 g/mol. The number of ether oxygens (including phenoxy) is 1. The number of carbonyl (C=O) groups excluding carboxylic acids is 2. The predicted molar refractivity (Wildman–Crippen MR) is 186 cm³/mol. The molecule has 1 N–H and O–H groups in total. The van der Waals surface area contributed by atoms with Crippen molar-refractivity contribution in [3.8, 4) is 0 Å². The molecule has 254 valence electrons. The molecule has 0 amide bonds. The van der Waals surface area contributed by atoms with E-state index in [2.05, 4.69) is 13.5 Å². The van der Waals surface area contributed by atoms with Crippen LogP contribution in [0, 0.1) is 5.92 Å². The van der Waals surface area contributed by atoms with Crippen molar-refractivity contribution in [3.63, 3.8) is 0 Å². The first-order valence-corrected chi connectivity index (χ1v) is 19.1. The van der Waals surface area contributed by atoms with Gasteiger partial charge in [0.15, 0.2) is 0 Å². The standard InChI is InChI=1S/C39H74O4/c1-3-5-6-7-8-9-10-11-15-18-21-24-27-30-33-37(39(42)43-36-4-2)38(41)34-31-28-25-22-19-16-13-12-14-17-20-23-26-29-32-35-40/h4,37,40H,2-3,5-36H2,1H3. The number of hydrogen-bond donors (Lipinski definition) is 1. The predicted octanol–water partition coefficient (Wildman–Crippen LogP) is 12.0. The Morgan fingerprint density at radius 1 is 0.558 bits per heavy atom. The lowest BCUT2D eigenvalue weighted by atomic mass is 9.92. The number of hydrogen-bond acceptors (Lipinski definition) is 4. The highest BCUT2D eigenvalue weighted by atomic mass is 16.5. The van der Waals surface area contributed by atoms with E-state index < -0.39 is 5.92 Å². The fourth-order valence-electron chi connectivity index (χ4n) is 6.08. The Morgan fingerprint density at radius 2 is 0.907 bits per heavy atom. The Kier molecular flexibility index (Phi) is 34.4. The van der Waals surface area contributed by atoms with Crippen LogP contribution in [0.15, 0.2) is 12.7 Å². The van der Waals surface area contributed by atoms with Crippen LogP contribution in [0.25, 0.3) is 0 Å². The summed E-state index contributed by atoms with van der Waals surface area (Å²) >= 11 is 0. The number of aliphatic hydroxyl groups excluding tert-OH is 1. The van der Waals surface area contributed by atoms with Crippen molar-refractivity contribution in [2.24, 2.45) is 5.92 Å². The molecule has 1 unspecified atom stereocenters. The van der Waals surface area contributed by atoms with Crippen molar-refractivity contribution in [3.05, 3.63) is 12.7 Å². The number of rotatable bonds is 36. The van der Waals surface area contributed by atoms with Gasteiger partial charge in [-0.3, -0.25) is 9.59 Å². The second-order valence-electron chi connectivity index (χ2n) is 13.1. The summed E-state index contributed by atoms with van der Waals surface area (Å²) in [5.74, 6) is -0.851. The average Bonchev–Trinajstić information content (AvgIpc) is 3.01. The number of ketones is 1. The van der Waals surface area contributed by atoms with Crippen molar-refractivity contribution in [2.75, 3.05) is 13.2 Å². The van der Waals surface area contributed by atoms with E-state index in [-0.39, 0.29) is 18.4 Å². The second-order valence-corrected chi connectivity index (χ2v) is 13.1. The Balaban J connectivity index is 3.82. The summed E-state index contributed by atoms with van der Waals surface area (Å²) in [5, 5.41) is 8.81. The van der Waals surface area contributed by atoms with Crippen LogP contribution in [-0.2, 0) is 14.3 Å². The summed E-state index contributed by atoms with van der Waals surface area (Å²) in [4.78, 5) is 25.5. The van der Waals surface area contributed by atoms with Gasteiger partial charge in [0, 0.05) is 13.0 Å². The molecule has 0 radical (unpaired) electrons. The highest BCUT2D eigenvalue weighted by Crippen LogP contribution is 2.20. The third-order valence-electron chi connectivity index (χ3n) is 8.94. The van der Waals surface area contributed by atoms with Gasteiger partial charge in [0.05, 0.1) is 0 Å². The van der Waals surface area contributed by atoms with Crippen molar-refractivity contribution >= 4 is 11.8 Å². The molecule has 0 saturated carbocycles. The smallest absolute Gasteiger partial charge is 0.316 e. The normalized spacial score (nSPS) is 12.0. The summed E-state index contributed by atoms with van der Waals surface area (Å²) in [6, 6.07) is 0. The zero-order chi connectivity index (χ0) is 31.5. The first-order chi connectivity index (χ1) is 21.2. The van der Waals surface area contributed by atoms with Crippen molar-refractivity contribution in [2.45, 2.75) is 206 Å². The number of unbranched alkanes of at least 4 members (excludes halogenated alkanes) is 27. The third kappa shape index (κ3) is 30.6. The van der Waals surface area contributed by atoms with Crippen LogP contribution in [0.4, 0.5) is 0 Å². The van der Waals surface area contributed by atoms with Crippen LogP contribution >= 0.6 is 0 Å².